The second-order valence-corrected chi connectivity index (χ2v) is 4.65. The minimum absolute atomic E-state index is 0.251. The molecule has 2 fully saturated rings. The summed E-state index contributed by atoms with van der Waals surface area (Å²) in [5.41, 5.74) is 0. The van der Waals surface area contributed by atoms with Gasteiger partial charge in [0.15, 0.2) is 0 Å². The summed E-state index contributed by atoms with van der Waals surface area (Å²) in [7, 11) is 3.76. The Morgan fingerprint density at radius 3 is 2.44 bits per heavy atom. The van der Waals surface area contributed by atoms with E-state index in [2.05, 4.69) is 9.89 Å². The third-order valence-electron chi connectivity index (χ3n) is 3.33. The molecule has 0 unspecified atom stereocenters. The van der Waals surface area contributed by atoms with E-state index in [1.807, 2.05) is 25.2 Å². The molecule has 2 aliphatic rings. The lowest BCUT2D eigenvalue weighted by molar-refractivity contribution is -0.122. The van der Waals surface area contributed by atoms with Gasteiger partial charge < -0.3 is 9.80 Å². The number of aliphatic imine (C=N–C) groups is 1. The van der Waals surface area contributed by atoms with Crippen molar-refractivity contribution in [2.24, 2.45) is 4.99 Å². The molecule has 0 aromatic rings. The van der Waals surface area contributed by atoms with E-state index in [-0.39, 0.29) is 12.1 Å². The van der Waals surface area contributed by atoms with Crippen molar-refractivity contribution in [3.8, 4) is 6.19 Å². The molecule has 0 aromatic heterocycles. The number of fused-ring (bicyclic) bond motifs is 2. The third kappa shape index (κ3) is 1.75. The molecule has 2 saturated heterocycles. The van der Waals surface area contributed by atoms with Crippen molar-refractivity contribution in [2.75, 3.05) is 14.1 Å². The molecule has 2 heterocycles. The molecule has 0 saturated carbocycles. The molecular weight excluding hydrogens is 204 g/mol. The number of nitriles is 1. The lowest BCUT2D eigenvalue weighted by atomic mass is 10.0. The van der Waals surface area contributed by atoms with Crippen LogP contribution in [-0.2, 0) is 4.79 Å². The number of nitrogens with zero attached hydrogens (tertiary/aromatic N) is 4. The standard InChI is InChI=1S/C11H16N4O/c1-14(2)11(13-7-12)15-8-3-4-9(15)6-10(16)5-8/h8-9H,3-6H2,1-2H3/t8-,9+. The minimum atomic E-state index is 0.251. The maximum Gasteiger partial charge on any atom is 0.212 e. The smallest absolute Gasteiger partial charge is 0.212 e. The summed E-state index contributed by atoms with van der Waals surface area (Å²) >= 11 is 0. The zero-order chi connectivity index (χ0) is 11.7. The summed E-state index contributed by atoms with van der Waals surface area (Å²) in [5.74, 6) is 1.04. The highest BCUT2D eigenvalue weighted by molar-refractivity contribution is 5.87. The molecule has 86 valence electrons. The number of piperidine rings is 1. The van der Waals surface area contributed by atoms with Gasteiger partial charge in [-0.05, 0) is 12.8 Å². The molecule has 0 radical (unpaired) electrons. The van der Waals surface area contributed by atoms with Crippen LogP contribution in [0.5, 0.6) is 0 Å². The van der Waals surface area contributed by atoms with Gasteiger partial charge in [0.2, 0.25) is 12.2 Å². The van der Waals surface area contributed by atoms with E-state index in [0.29, 0.717) is 24.6 Å². The molecule has 2 rings (SSSR count). The van der Waals surface area contributed by atoms with Crippen molar-refractivity contribution in [1.82, 2.24) is 9.80 Å². The van der Waals surface area contributed by atoms with Crippen molar-refractivity contribution in [1.29, 1.82) is 5.26 Å². The lowest BCUT2D eigenvalue weighted by Gasteiger charge is -2.38. The van der Waals surface area contributed by atoms with Gasteiger partial charge in [0.05, 0.1) is 0 Å². The van der Waals surface area contributed by atoms with E-state index in [1.165, 1.54) is 0 Å². The van der Waals surface area contributed by atoms with Gasteiger partial charge in [0.25, 0.3) is 0 Å². The van der Waals surface area contributed by atoms with Crippen LogP contribution in [0.4, 0.5) is 0 Å². The molecule has 2 aliphatic heterocycles. The van der Waals surface area contributed by atoms with Gasteiger partial charge in [0, 0.05) is 39.0 Å². The van der Waals surface area contributed by atoms with Gasteiger partial charge in [-0.3, -0.25) is 4.79 Å². The number of guanidine groups is 1. The van der Waals surface area contributed by atoms with E-state index in [0.717, 1.165) is 12.8 Å². The zero-order valence-corrected chi connectivity index (χ0v) is 9.68. The first kappa shape index (κ1) is 10.9. The Hall–Kier alpha value is -1.57. The third-order valence-corrected chi connectivity index (χ3v) is 3.33. The maximum absolute atomic E-state index is 11.5. The number of rotatable bonds is 0. The second-order valence-electron chi connectivity index (χ2n) is 4.65. The Kier molecular flexibility index (Phi) is 2.82. The highest BCUT2D eigenvalue weighted by atomic mass is 16.1. The fourth-order valence-electron chi connectivity index (χ4n) is 2.73. The predicted octanol–water partition coefficient (Wildman–Crippen LogP) is 0.581. The first-order chi connectivity index (χ1) is 7.63. The second kappa shape index (κ2) is 4.12. The molecule has 16 heavy (non-hydrogen) atoms. The highest BCUT2D eigenvalue weighted by Gasteiger charge is 2.42. The van der Waals surface area contributed by atoms with Crippen molar-refractivity contribution in [2.45, 2.75) is 37.8 Å². The van der Waals surface area contributed by atoms with Crippen molar-refractivity contribution in [3.63, 3.8) is 0 Å². The molecule has 5 heteroatoms. The SMILES string of the molecule is CN(C)C(=NC#N)N1[C@@H]2CC[C@H]1CC(=O)C2. The van der Waals surface area contributed by atoms with Gasteiger partial charge in [-0.1, -0.05) is 0 Å². The van der Waals surface area contributed by atoms with Gasteiger partial charge in [0.1, 0.15) is 5.78 Å². The average molecular weight is 220 g/mol. The minimum Gasteiger partial charge on any atom is -0.348 e. The van der Waals surface area contributed by atoms with Crippen molar-refractivity contribution in [3.05, 3.63) is 0 Å². The lowest BCUT2D eigenvalue weighted by Crippen LogP contribution is -2.51. The molecule has 2 bridgehead atoms. The fourth-order valence-corrected chi connectivity index (χ4v) is 2.73. The number of Topliss-reactive ketones (excluding diaryl/α,β-unsaturated/α-hetero) is 1. The van der Waals surface area contributed by atoms with Gasteiger partial charge in [-0.15, -0.1) is 4.99 Å². The van der Waals surface area contributed by atoms with Crippen LogP contribution in [0, 0.1) is 11.5 Å². The Morgan fingerprint density at radius 2 is 2.00 bits per heavy atom. The Labute approximate surface area is 95.3 Å². The van der Waals surface area contributed by atoms with Gasteiger partial charge in [-0.2, -0.15) is 5.26 Å². The molecule has 0 aromatic carbocycles. The van der Waals surface area contributed by atoms with Crippen LogP contribution in [-0.4, -0.2) is 47.7 Å². The summed E-state index contributed by atoms with van der Waals surface area (Å²) in [5, 5.41) is 8.70. The average Bonchev–Trinajstić information content (AvgIpc) is 2.46. The normalized spacial score (nSPS) is 29.2. The summed E-state index contributed by atoms with van der Waals surface area (Å²) < 4.78 is 0. The Bertz CT molecular complexity index is 353. The molecule has 5 nitrogen and oxygen atoms in total. The molecule has 0 N–H and O–H groups in total. The Morgan fingerprint density at radius 1 is 1.44 bits per heavy atom. The summed E-state index contributed by atoms with van der Waals surface area (Å²) in [6, 6.07) is 0.501. The van der Waals surface area contributed by atoms with Crippen LogP contribution in [0.2, 0.25) is 0 Å². The number of hydrogen-bond donors (Lipinski definition) is 0. The first-order valence-electron chi connectivity index (χ1n) is 5.57. The molecule has 0 aliphatic carbocycles. The molecule has 0 amide bonds. The topological polar surface area (TPSA) is 59.7 Å². The van der Waals surface area contributed by atoms with E-state index in [1.54, 1.807) is 0 Å². The van der Waals surface area contributed by atoms with Crippen LogP contribution in [0.25, 0.3) is 0 Å². The summed E-state index contributed by atoms with van der Waals surface area (Å²) in [6.45, 7) is 0. The monoisotopic (exact) mass is 220 g/mol. The quantitative estimate of drug-likeness (QED) is 0.340. The molecule has 2 atom stereocenters. The number of hydrogen-bond acceptors (Lipinski definition) is 3. The van der Waals surface area contributed by atoms with E-state index in [9.17, 15) is 4.79 Å². The van der Waals surface area contributed by atoms with Crippen LogP contribution >= 0.6 is 0 Å². The number of carbonyl (C=O) groups excluding carboxylic acids is 1. The summed E-state index contributed by atoms with van der Waals surface area (Å²) in [4.78, 5) is 19.4. The number of ketones is 1. The van der Waals surface area contributed by atoms with Crippen LogP contribution in [0.3, 0.4) is 0 Å². The van der Waals surface area contributed by atoms with Gasteiger partial charge >= 0.3 is 0 Å². The molecule has 0 spiro atoms. The maximum atomic E-state index is 11.5. The van der Waals surface area contributed by atoms with Crippen LogP contribution in [0.15, 0.2) is 4.99 Å². The van der Waals surface area contributed by atoms with Crippen LogP contribution < -0.4 is 0 Å². The van der Waals surface area contributed by atoms with E-state index < -0.39 is 0 Å². The van der Waals surface area contributed by atoms with Crippen molar-refractivity contribution < 1.29 is 4.79 Å². The largest absolute Gasteiger partial charge is 0.348 e. The molecular formula is C11H16N4O. The Balaban J connectivity index is 2.25. The van der Waals surface area contributed by atoms with Gasteiger partial charge in [-0.25, -0.2) is 0 Å². The fraction of sp³-hybridized carbons (Fsp3) is 0.727. The summed E-state index contributed by atoms with van der Waals surface area (Å²) in [6.07, 6.45) is 5.13. The zero-order valence-electron chi connectivity index (χ0n) is 9.68. The number of carbonyl (C=O) groups is 1. The predicted molar refractivity (Wildman–Crippen MR) is 59.6 cm³/mol. The van der Waals surface area contributed by atoms with E-state index >= 15 is 0 Å². The van der Waals surface area contributed by atoms with Crippen LogP contribution in [0.1, 0.15) is 25.7 Å². The highest BCUT2D eigenvalue weighted by Crippen LogP contribution is 2.34. The van der Waals surface area contributed by atoms with Crippen molar-refractivity contribution >= 4 is 11.7 Å². The van der Waals surface area contributed by atoms with E-state index in [4.69, 9.17) is 5.26 Å². The first-order valence-corrected chi connectivity index (χ1v) is 5.57.